The summed E-state index contributed by atoms with van der Waals surface area (Å²) in [5, 5.41) is 4.07. The lowest BCUT2D eigenvalue weighted by Crippen LogP contribution is -2.44. The topological polar surface area (TPSA) is 0 Å². The third kappa shape index (κ3) is 5.62. The predicted octanol–water partition coefficient (Wildman–Crippen LogP) is 7.54. The first kappa shape index (κ1) is 25.8. The fourth-order valence-corrected chi connectivity index (χ4v) is 8.10. The Kier molecular flexibility index (Phi) is 8.13. The third-order valence-electron chi connectivity index (χ3n) is 7.19. The molecule has 0 aliphatic carbocycles. The maximum atomic E-state index is 2.30. The van der Waals surface area contributed by atoms with Gasteiger partial charge in [-0.1, -0.05) is 198 Å². The molecule has 0 unspecified atom stereocenters. The van der Waals surface area contributed by atoms with Gasteiger partial charge >= 0.3 is 0 Å². The minimum atomic E-state index is -0.887. The second-order valence-electron chi connectivity index (χ2n) is 9.76. The molecule has 6 rings (SSSR count). The molecule has 0 aliphatic rings. The summed E-state index contributed by atoms with van der Waals surface area (Å²) in [6.07, 6.45) is 0. The van der Waals surface area contributed by atoms with Gasteiger partial charge in [-0.2, -0.15) is 0 Å². The Balaban J connectivity index is 1.78. The molecule has 0 bridgehead atoms. The summed E-state index contributed by atoms with van der Waals surface area (Å²) in [5.41, 5.74) is 6.44. The van der Waals surface area contributed by atoms with Gasteiger partial charge in [0.25, 0.3) is 0 Å². The van der Waals surface area contributed by atoms with E-state index in [0.717, 1.165) is 0 Å². The molecule has 0 nitrogen and oxygen atoms in total. The highest BCUT2D eigenvalue weighted by Gasteiger charge is 2.32. The van der Waals surface area contributed by atoms with E-state index in [0.29, 0.717) is 0 Å². The van der Waals surface area contributed by atoms with Crippen molar-refractivity contribution in [1.29, 1.82) is 0 Å². The third-order valence-corrected chi connectivity index (χ3v) is 9.77. The average molecular weight is 528 g/mol. The molecule has 0 atom stereocenters. The summed E-state index contributed by atoms with van der Waals surface area (Å²) in [7, 11) is -0.887. The van der Waals surface area contributed by atoms with Gasteiger partial charge in [0.15, 0.2) is 0 Å². The first-order valence-electron chi connectivity index (χ1n) is 13.8. The summed E-state index contributed by atoms with van der Waals surface area (Å²) in [5.74, 6) is 0. The zero-order valence-corrected chi connectivity index (χ0v) is 23.2. The number of rotatable bonds is 8. The lowest BCUT2D eigenvalue weighted by molar-refractivity contribution is 1.62. The van der Waals surface area contributed by atoms with E-state index in [9.17, 15) is 0 Å². The Bertz CT molecular complexity index is 1440. The average Bonchev–Trinajstić information content (AvgIpc) is 3.05. The van der Waals surface area contributed by atoms with Crippen molar-refractivity contribution in [3.63, 3.8) is 0 Å². The minimum Gasteiger partial charge on any atom is -0.0686 e. The molecule has 0 heterocycles. The number of hydrogen-bond donors (Lipinski definition) is 0. The Labute approximate surface area is 239 Å². The van der Waals surface area contributed by atoms with E-state index in [1.54, 1.807) is 0 Å². The van der Waals surface area contributed by atoms with Crippen LogP contribution in [0.1, 0.15) is 11.1 Å². The minimum absolute atomic E-state index is 0.0532. The monoisotopic (exact) mass is 528 g/mol. The van der Waals surface area contributed by atoms with Crippen LogP contribution in [0.3, 0.4) is 0 Å². The standard InChI is InChI=1S/C38H30BP/c1-7-19-31(20-8-1)37(39(33-23-11-3-12-24-33)34-25-13-4-14-26-34)38(32-21-9-2-10-22-32)40(35-27-15-5-16-28-35)36-29-17-6-18-30-36/h1-30H. The first-order chi connectivity index (χ1) is 19.9. The molecule has 190 valence electrons. The fraction of sp³-hybridized carbons (Fsp3) is 0. The van der Waals surface area contributed by atoms with Crippen LogP contribution in [0.25, 0.3) is 10.8 Å². The molecule has 6 aromatic rings. The van der Waals surface area contributed by atoms with E-state index in [2.05, 4.69) is 182 Å². The second-order valence-corrected chi connectivity index (χ2v) is 11.9. The lowest BCUT2D eigenvalue weighted by Gasteiger charge is -2.30. The highest BCUT2D eigenvalue weighted by Crippen LogP contribution is 2.52. The van der Waals surface area contributed by atoms with Crippen molar-refractivity contribution in [2.45, 2.75) is 0 Å². The zero-order valence-electron chi connectivity index (χ0n) is 22.3. The van der Waals surface area contributed by atoms with Crippen molar-refractivity contribution in [3.8, 4) is 0 Å². The van der Waals surface area contributed by atoms with Crippen LogP contribution in [-0.2, 0) is 0 Å². The van der Waals surface area contributed by atoms with E-state index in [1.165, 1.54) is 43.4 Å². The summed E-state index contributed by atoms with van der Waals surface area (Å²) >= 11 is 0. The van der Waals surface area contributed by atoms with Crippen molar-refractivity contribution < 1.29 is 0 Å². The second kappa shape index (κ2) is 12.6. The maximum absolute atomic E-state index is 2.30. The molecular weight excluding hydrogens is 498 g/mol. The Hall–Kier alpha value is -4.45. The summed E-state index contributed by atoms with van der Waals surface area (Å²) in [6.45, 7) is 0.0532. The van der Waals surface area contributed by atoms with Crippen LogP contribution in [-0.4, -0.2) is 6.71 Å². The molecule has 6 aromatic carbocycles. The van der Waals surface area contributed by atoms with Gasteiger partial charge in [0, 0.05) is 0 Å². The van der Waals surface area contributed by atoms with E-state index in [-0.39, 0.29) is 6.71 Å². The molecule has 0 saturated heterocycles. The van der Waals surface area contributed by atoms with Crippen molar-refractivity contribution in [2.24, 2.45) is 0 Å². The summed E-state index contributed by atoms with van der Waals surface area (Å²) in [6, 6.07) is 66.1. The van der Waals surface area contributed by atoms with Gasteiger partial charge in [0.2, 0.25) is 6.71 Å². The summed E-state index contributed by atoms with van der Waals surface area (Å²) < 4.78 is 0. The predicted molar refractivity (Wildman–Crippen MR) is 177 cm³/mol. The van der Waals surface area contributed by atoms with Crippen molar-refractivity contribution in [3.05, 3.63) is 193 Å². The van der Waals surface area contributed by atoms with Gasteiger partial charge < -0.3 is 0 Å². The number of hydrogen-bond acceptors (Lipinski definition) is 0. The highest BCUT2D eigenvalue weighted by atomic mass is 31.1. The van der Waals surface area contributed by atoms with Crippen LogP contribution in [0.15, 0.2) is 182 Å². The van der Waals surface area contributed by atoms with Gasteiger partial charge in [0.1, 0.15) is 0 Å². The summed E-state index contributed by atoms with van der Waals surface area (Å²) in [4.78, 5) is 0. The molecule has 0 amide bonds. The molecule has 0 N–H and O–H groups in total. The molecular formula is C38H30BP. The van der Waals surface area contributed by atoms with E-state index >= 15 is 0 Å². The van der Waals surface area contributed by atoms with Crippen LogP contribution in [0.5, 0.6) is 0 Å². The van der Waals surface area contributed by atoms with Crippen molar-refractivity contribution >= 4 is 47.0 Å². The normalized spacial score (nSPS) is 11.6. The van der Waals surface area contributed by atoms with Crippen molar-refractivity contribution in [1.82, 2.24) is 0 Å². The quantitative estimate of drug-likeness (QED) is 0.109. The van der Waals surface area contributed by atoms with E-state index in [4.69, 9.17) is 0 Å². The molecule has 0 aromatic heterocycles. The van der Waals surface area contributed by atoms with Gasteiger partial charge in [0.05, 0.1) is 0 Å². The molecule has 0 radical (unpaired) electrons. The largest absolute Gasteiger partial charge is 0.242 e. The van der Waals surface area contributed by atoms with Crippen LogP contribution in [0.2, 0.25) is 0 Å². The van der Waals surface area contributed by atoms with Gasteiger partial charge in [-0.3, -0.25) is 0 Å². The van der Waals surface area contributed by atoms with Gasteiger partial charge in [-0.25, -0.2) is 0 Å². The zero-order chi connectivity index (χ0) is 27.0. The maximum Gasteiger partial charge on any atom is 0.242 e. The Morgan fingerprint density at radius 3 is 1.07 bits per heavy atom. The number of benzene rings is 6. The Morgan fingerprint density at radius 2 is 0.675 bits per heavy atom. The molecule has 40 heavy (non-hydrogen) atoms. The van der Waals surface area contributed by atoms with Crippen LogP contribution in [0, 0.1) is 0 Å². The SMILES string of the molecule is c1ccc(B(C(=C(c2ccccc2)P(c2ccccc2)c2ccccc2)c2ccccc2)c2ccccc2)cc1. The Morgan fingerprint density at radius 1 is 0.350 bits per heavy atom. The smallest absolute Gasteiger partial charge is 0.0686 e. The van der Waals surface area contributed by atoms with Crippen LogP contribution >= 0.6 is 7.92 Å². The van der Waals surface area contributed by atoms with E-state index in [1.807, 2.05) is 0 Å². The molecule has 2 heteroatoms. The lowest BCUT2D eigenvalue weighted by atomic mass is 9.35. The molecule has 0 saturated carbocycles. The highest BCUT2D eigenvalue weighted by molar-refractivity contribution is 7.82. The van der Waals surface area contributed by atoms with Gasteiger partial charge in [-0.05, 0) is 35.0 Å². The van der Waals surface area contributed by atoms with Crippen LogP contribution in [0.4, 0.5) is 0 Å². The first-order valence-corrected chi connectivity index (χ1v) is 15.1. The molecule has 0 fully saturated rings. The molecule has 0 spiro atoms. The fourth-order valence-electron chi connectivity index (χ4n) is 5.44. The van der Waals surface area contributed by atoms with Crippen LogP contribution < -0.4 is 21.5 Å². The van der Waals surface area contributed by atoms with Crippen molar-refractivity contribution in [2.75, 3.05) is 0 Å². The van der Waals surface area contributed by atoms with Gasteiger partial charge in [-0.15, -0.1) is 0 Å². The van der Waals surface area contributed by atoms with E-state index < -0.39 is 7.92 Å². The molecule has 0 aliphatic heterocycles.